The first kappa shape index (κ1) is 11.7. The van der Waals surface area contributed by atoms with E-state index in [1.807, 2.05) is 0 Å². The van der Waals surface area contributed by atoms with E-state index in [2.05, 4.69) is 0 Å². The lowest BCUT2D eigenvalue weighted by Crippen LogP contribution is -2.02. The summed E-state index contributed by atoms with van der Waals surface area (Å²) in [5, 5.41) is 9.91. The molecule has 0 saturated carbocycles. The largest absolute Gasteiger partial charge is 0.494 e. The molecule has 1 atom stereocenters. The van der Waals surface area contributed by atoms with Gasteiger partial charge in [0.25, 0.3) is 0 Å². The summed E-state index contributed by atoms with van der Waals surface area (Å²) in [5.74, 6) is 0.344. The number of aliphatic hydroxyl groups excluding tert-OH is 1. The lowest BCUT2D eigenvalue weighted by molar-refractivity contribution is 0.170. The number of halogens is 1. The average Bonchev–Trinajstić information content (AvgIpc) is 2.81. The molecule has 2 rings (SSSR count). The van der Waals surface area contributed by atoms with Crippen LogP contribution in [-0.2, 0) is 6.42 Å². The van der Waals surface area contributed by atoms with Gasteiger partial charge in [0.1, 0.15) is 5.76 Å². The van der Waals surface area contributed by atoms with Gasteiger partial charge in [0.05, 0.1) is 19.5 Å². The van der Waals surface area contributed by atoms with E-state index in [1.54, 1.807) is 18.2 Å². The fourth-order valence-corrected chi connectivity index (χ4v) is 1.63. The summed E-state index contributed by atoms with van der Waals surface area (Å²) in [5.41, 5.74) is 0.500. The predicted molar refractivity (Wildman–Crippen MR) is 60.3 cm³/mol. The van der Waals surface area contributed by atoms with Gasteiger partial charge < -0.3 is 14.3 Å². The predicted octanol–water partition coefficient (Wildman–Crippen LogP) is 2.70. The van der Waals surface area contributed by atoms with Crippen molar-refractivity contribution in [2.75, 3.05) is 7.11 Å². The first-order valence-corrected chi connectivity index (χ1v) is 5.24. The van der Waals surface area contributed by atoms with Gasteiger partial charge in [-0.25, -0.2) is 4.39 Å². The molecule has 1 heterocycles. The second-order valence-corrected chi connectivity index (χ2v) is 3.69. The molecule has 0 aliphatic carbocycles. The lowest BCUT2D eigenvalue weighted by Gasteiger charge is -2.10. The maximum Gasteiger partial charge on any atom is 0.165 e. The Hall–Kier alpha value is -1.81. The molecule has 1 N–H and O–H groups in total. The monoisotopic (exact) mass is 236 g/mol. The summed E-state index contributed by atoms with van der Waals surface area (Å²) in [7, 11) is 1.40. The highest BCUT2D eigenvalue weighted by atomic mass is 19.1. The fourth-order valence-electron chi connectivity index (χ4n) is 1.63. The van der Waals surface area contributed by atoms with Crippen LogP contribution in [0.4, 0.5) is 4.39 Å². The molecule has 0 fully saturated rings. The van der Waals surface area contributed by atoms with Crippen molar-refractivity contribution in [2.45, 2.75) is 12.5 Å². The Labute approximate surface area is 98.5 Å². The van der Waals surface area contributed by atoms with E-state index in [4.69, 9.17) is 9.15 Å². The van der Waals surface area contributed by atoms with Crippen molar-refractivity contribution in [1.29, 1.82) is 0 Å². The quantitative estimate of drug-likeness (QED) is 0.887. The summed E-state index contributed by atoms with van der Waals surface area (Å²) >= 11 is 0. The third-order valence-corrected chi connectivity index (χ3v) is 2.54. The van der Waals surface area contributed by atoms with Crippen molar-refractivity contribution in [3.05, 3.63) is 53.7 Å². The Balaban J connectivity index is 2.14. The van der Waals surface area contributed by atoms with Crippen molar-refractivity contribution < 1.29 is 18.7 Å². The number of rotatable bonds is 4. The van der Waals surface area contributed by atoms with E-state index in [9.17, 15) is 9.50 Å². The van der Waals surface area contributed by atoms with Crippen molar-refractivity contribution in [3.63, 3.8) is 0 Å². The standard InChI is InChI=1S/C13H13FO3/c1-16-13-5-4-9(7-11(13)14)12(15)8-10-3-2-6-17-10/h2-7,12,15H,8H2,1H3. The Morgan fingerprint density at radius 1 is 1.41 bits per heavy atom. The zero-order valence-electron chi connectivity index (χ0n) is 9.39. The van der Waals surface area contributed by atoms with Gasteiger partial charge in [0.2, 0.25) is 0 Å². The fraction of sp³-hybridized carbons (Fsp3) is 0.231. The molecule has 1 aromatic heterocycles. The first-order valence-electron chi connectivity index (χ1n) is 5.24. The van der Waals surface area contributed by atoms with E-state index in [1.165, 1.54) is 25.5 Å². The van der Waals surface area contributed by atoms with Crippen LogP contribution in [-0.4, -0.2) is 12.2 Å². The van der Waals surface area contributed by atoms with Crippen molar-refractivity contribution in [1.82, 2.24) is 0 Å². The molecule has 4 heteroatoms. The van der Waals surface area contributed by atoms with Crippen LogP contribution in [0.1, 0.15) is 17.4 Å². The van der Waals surface area contributed by atoms with Crippen LogP contribution in [0.5, 0.6) is 5.75 Å². The van der Waals surface area contributed by atoms with Crippen LogP contribution in [0.3, 0.4) is 0 Å². The second-order valence-electron chi connectivity index (χ2n) is 3.69. The number of benzene rings is 1. The van der Waals surface area contributed by atoms with Gasteiger partial charge in [0, 0.05) is 6.42 Å². The van der Waals surface area contributed by atoms with E-state index in [0.29, 0.717) is 17.7 Å². The smallest absolute Gasteiger partial charge is 0.165 e. The maximum absolute atomic E-state index is 13.4. The van der Waals surface area contributed by atoms with Gasteiger partial charge >= 0.3 is 0 Å². The van der Waals surface area contributed by atoms with Crippen molar-refractivity contribution >= 4 is 0 Å². The third-order valence-electron chi connectivity index (χ3n) is 2.54. The van der Waals surface area contributed by atoms with Gasteiger partial charge in [-0.1, -0.05) is 6.07 Å². The zero-order chi connectivity index (χ0) is 12.3. The van der Waals surface area contributed by atoms with Crippen LogP contribution >= 0.6 is 0 Å². The normalized spacial score (nSPS) is 12.4. The van der Waals surface area contributed by atoms with Crippen molar-refractivity contribution in [3.8, 4) is 5.75 Å². The Morgan fingerprint density at radius 3 is 2.82 bits per heavy atom. The molecule has 1 unspecified atom stereocenters. The molecule has 0 spiro atoms. The molecular weight excluding hydrogens is 223 g/mol. The molecule has 0 aliphatic rings. The lowest BCUT2D eigenvalue weighted by atomic mass is 10.1. The van der Waals surface area contributed by atoms with E-state index < -0.39 is 11.9 Å². The molecule has 17 heavy (non-hydrogen) atoms. The number of methoxy groups -OCH3 is 1. The summed E-state index contributed by atoms with van der Waals surface area (Å²) in [6.07, 6.45) is 1.07. The molecule has 0 radical (unpaired) electrons. The number of hydrogen-bond acceptors (Lipinski definition) is 3. The topological polar surface area (TPSA) is 42.6 Å². The van der Waals surface area contributed by atoms with Gasteiger partial charge in [-0.3, -0.25) is 0 Å². The average molecular weight is 236 g/mol. The Bertz CT molecular complexity index is 479. The molecule has 2 aromatic rings. The van der Waals surface area contributed by atoms with Gasteiger partial charge in [-0.2, -0.15) is 0 Å². The van der Waals surface area contributed by atoms with Gasteiger partial charge in [-0.15, -0.1) is 0 Å². The Kier molecular flexibility index (Phi) is 3.44. The summed E-state index contributed by atoms with van der Waals surface area (Å²) < 4.78 is 23.4. The third kappa shape index (κ3) is 2.65. The molecule has 3 nitrogen and oxygen atoms in total. The van der Waals surface area contributed by atoms with E-state index >= 15 is 0 Å². The molecule has 0 bridgehead atoms. The highest BCUT2D eigenvalue weighted by Crippen LogP contribution is 2.24. The van der Waals surface area contributed by atoms with Crippen LogP contribution in [0.25, 0.3) is 0 Å². The zero-order valence-corrected chi connectivity index (χ0v) is 9.39. The summed E-state index contributed by atoms with van der Waals surface area (Å²) in [4.78, 5) is 0. The molecule has 0 aliphatic heterocycles. The van der Waals surface area contributed by atoms with Crippen molar-refractivity contribution in [2.24, 2.45) is 0 Å². The number of hydrogen-bond donors (Lipinski definition) is 1. The molecule has 0 amide bonds. The molecule has 90 valence electrons. The van der Waals surface area contributed by atoms with E-state index in [0.717, 1.165) is 0 Å². The summed E-state index contributed by atoms with van der Waals surface area (Å²) in [6.45, 7) is 0. The number of aliphatic hydroxyl groups is 1. The Morgan fingerprint density at radius 2 is 2.24 bits per heavy atom. The minimum Gasteiger partial charge on any atom is -0.494 e. The van der Waals surface area contributed by atoms with Gasteiger partial charge in [0.15, 0.2) is 11.6 Å². The van der Waals surface area contributed by atoms with E-state index in [-0.39, 0.29) is 5.75 Å². The molecule has 0 saturated heterocycles. The first-order chi connectivity index (χ1) is 8.20. The minimum absolute atomic E-state index is 0.166. The SMILES string of the molecule is COc1ccc(C(O)Cc2ccco2)cc1F. The molecular formula is C13H13FO3. The number of furan rings is 1. The number of ether oxygens (including phenoxy) is 1. The van der Waals surface area contributed by atoms with Gasteiger partial charge in [-0.05, 0) is 29.8 Å². The van der Waals surface area contributed by atoms with Crippen LogP contribution in [0.2, 0.25) is 0 Å². The molecule has 1 aromatic carbocycles. The summed E-state index contributed by atoms with van der Waals surface area (Å²) in [6, 6.07) is 7.91. The maximum atomic E-state index is 13.4. The highest BCUT2D eigenvalue weighted by Gasteiger charge is 2.13. The van der Waals surface area contributed by atoms with Crippen LogP contribution < -0.4 is 4.74 Å². The second kappa shape index (κ2) is 5.01. The minimum atomic E-state index is -0.790. The highest BCUT2D eigenvalue weighted by molar-refractivity contribution is 5.30. The van der Waals surface area contributed by atoms with Crippen LogP contribution in [0.15, 0.2) is 41.0 Å². The van der Waals surface area contributed by atoms with Crippen LogP contribution in [0, 0.1) is 5.82 Å².